The Bertz CT molecular complexity index is 937. The Hall–Kier alpha value is -3.28. The molecule has 1 heterocycles. The standard InChI is InChI=1S/C18H14N2O4/c1-12-16(10-14-6-2-3-8-17(14)19-12)18(21)24-11-13-5-4-7-15(9-13)20(22)23/h2-10H,11H2,1H3. The molecule has 0 amide bonds. The summed E-state index contributed by atoms with van der Waals surface area (Å²) in [6.07, 6.45) is 0. The highest BCUT2D eigenvalue weighted by Crippen LogP contribution is 2.18. The molecule has 0 saturated carbocycles. The zero-order valence-corrected chi connectivity index (χ0v) is 12.9. The normalized spacial score (nSPS) is 10.5. The van der Waals surface area contributed by atoms with Crippen LogP contribution >= 0.6 is 0 Å². The fourth-order valence-corrected chi connectivity index (χ4v) is 2.41. The molecule has 0 radical (unpaired) electrons. The summed E-state index contributed by atoms with van der Waals surface area (Å²) >= 11 is 0. The molecule has 3 aromatic rings. The van der Waals surface area contributed by atoms with Gasteiger partial charge in [0.05, 0.1) is 21.7 Å². The minimum atomic E-state index is -0.503. The molecular weight excluding hydrogens is 308 g/mol. The molecule has 0 bridgehead atoms. The van der Waals surface area contributed by atoms with Crippen molar-refractivity contribution in [3.05, 3.63) is 81.5 Å². The highest BCUT2D eigenvalue weighted by atomic mass is 16.6. The van der Waals surface area contributed by atoms with Crippen molar-refractivity contribution in [1.29, 1.82) is 0 Å². The van der Waals surface area contributed by atoms with E-state index in [1.165, 1.54) is 12.1 Å². The minimum absolute atomic E-state index is 0.0349. The Morgan fingerprint density at radius 2 is 1.96 bits per heavy atom. The number of fused-ring (bicyclic) bond motifs is 1. The van der Waals surface area contributed by atoms with E-state index in [1.807, 2.05) is 24.3 Å². The summed E-state index contributed by atoms with van der Waals surface area (Å²) in [5.41, 5.74) is 2.30. The Balaban J connectivity index is 1.79. The molecule has 0 aliphatic heterocycles. The third-order valence-electron chi connectivity index (χ3n) is 3.63. The van der Waals surface area contributed by atoms with Crippen molar-refractivity contribution in [2.45, 2.75) is 13.5 Å². The maximum Gasteiger partial charge on any atom is 0.340 e. The van der Waals surface area contributed by atoms with Crippen LogP contribution in [0.1, 0.15) is 21.6 Å². The van der Waals surface area contributed by atoms with Crippen LogP contribution in [0.4, 0.5) is 5.69 Å². The van der Waals surface area contributed by atoms with Gasteiger partial charge in [0.25, 0.3) is 5.69 Å². The molecule has 0 atom stereocenters. The Morgan fingerprint density at radius 1 is 1.17 bits per heavy atom. The number of aromatic nitrogens is 1. The number of nitro groups is 1. The molecule has 24 heavy (non-hydrogen) atoms. The molecule has 120 valence electrons. The molecule has 0 unspecified atom stereocenters. The van der Waals surface area contributed by atoms with Crippen molar-refractivity contribution >= 4 is 22.6 Å². The number of benzene rings is 2. The van der Waals surface area contributed by atoms with E-state index < -0.39 is 10.9 Å². The van der Waals surface area contributed by atoms with Crippen molar-refractivity contribution < 1.29 is 14.5 Å². The van der Waals surface area contributed by atoms with Gasteiger partial charge in [-0.15, -0.1) is 0 Å². The molecule has 6 nitrogen and oxygen atoms in total. The second-order valence-electron chi connectivity index (χ2n) is 5.32. The highest BCUT2D eigenvalue weighted by molar-refractivity contribution is 5.95. The summed E-state index contributed by atoms with van der Waals surface area (Å²) in [5, 5.41) is 11.6. The van der Waals surface area contributed by atoms with Crippen LogP contribution < -0.4 is 0 Å². The van der Waals surface area contributed by atoms with E-state index in [-0.39, 0.29) is 12.3 Å². The second kappa shape index (κ2) is 6.45. The molecule has 0 spiro atoms. The topological polar surface area (TPSA) is 82.3 Å². The summed E-state index contributed by atoms with van der Waals surface area (Å²) in [5.74, 6) is -0.503. The van der Waals surface area contributed by atoms with Gasteiger partial charge in [-0.05, 0) is 24.6 Å². The highest BCUT2D eigenvalue weighted by Gasteiger charge is 2.14. The summed E-state index contributed by atoms with van der Waals surface area (Å²) < 4.78 is 5.28. The molecule has 0 saturated heterocycles. The first-order chi connectivity index (χ1) is 11.5. The molecule has 3 rings (SSSR count). The SMILES string of the molecule is Cc1nc2ccccc2cc1C(=O)OCc1cccc([N+](=O)[O-])c1. The zero-order valence-electron chi connectivity index (χ0n) is 12.9. The minimum Gasteiger partial charge on any atom is -0.457 e. The van der Waals surface area contributed by atoms with Crippen LogP contribution in [0.25, 0.3) is 10.9 Å². The van der Waals surface area contributed by atoms with E-state index in [2.05, 4.69) is 4.98 Å². The molecule has 1 aromatic heterocycles. The van der Waals surface area contributed by atoms with Gasteiger partial charge in [-0.1, -0.05) is 30.3 Å². The van der Waals surface area contributed by atoms with E-state index in [9.17, 15) is 14.9 Å². The number of carbonyl (C=O) groups is 1. The number of aryl methyl sites for hydroxylation is 1. The van der Waals surface area contributed by atoms with Crippen molar-refractivity contribution in [3.8, 4) is 0 Å². The van der Waals surface area contributed by atoms with Gasteiger partial charge in [0.1, 0.15) is 6.61 Å². The molecule has 2 aromatic carbocycles. The average Bonchev–Trinajstić information content (AvgIpc) is 2.59. The van der Waals surface area contributed by atoms with Crippen LogP contribution in [-0.4, -0.2) is 15.9 Å². The van der Waals surface area contributed by atoms with Crippen molar-refractivity contribution in [1.82, 2.24) is 4.98 Å². The van der Waals surface area contributed by atoms with E-state index in [0.717, 1.165) is 10.9 Å². The Labute approximate surface area is 137 Å². The van der Waals surface area contributed by atoms with Crippen molar-refractivity contribution in [2.24, 2.45) is 0 Å². The number of pyridine rings is 1. The number of para-hydroxylation sites is 1. The number of ether oxygens (including phenoxy) is 1. The summed E-state index contributed by atoms with van der Waals surface area (Å²) in [4.78, 5) is 27.0. The first kappa shape index (κ1) is 15.6. The van der Waals surface area contributed by atoms with Crippen LogP contribution in [0.15, 0.2) is 54.6 Å². The van der Waals surface area contributed by atoms with Crippen LogP contribution in [0.3, 0.4) is 0 Å². The first-order valence-electron chi connectivity index (χ1n) is 7.31. The lowest BCUT2D eigenvalue weighted by atomic mass is 10.1. The summed E-state index contributed by atoms with van der Waals surface area (Å²) in [7, 11) is 0. The van der Waals surface area contributed by atoms with Gasteiger partial charge in [-0.2, -0.15) is 0 Å². The van der Waals surface area contributed by atoms with Gasteiger partial charge in [0.2, 0.25) is 0 Å². The fourth-order valence-electron chi connectivity index (χ4n) is 2.41. The summed E-state index contributed by atoms with van der Waals surface area (Å²) in [6, 6.07) is 15.3. The second-order valence-corrected chi connectivity index (χ2v) is 5.32. The number of nitro benzene ring substituents is 1. The number of nitrogens with zero attached hydrogens (tertiary/aromatic N) is 2. The average molecular weight is 322 g/mol. The number of hydrogen-bond acceptors (Lipinski definition) is 5. The van der Waals surface area contributed by atoms with Gasteiger partial charge in [0.15, 0.2) is 0 Å². The first-order valence-corrected chi connectivity index (χ1v) is 7.31. The van der Waals surface area contributed by atoms with E-state index in [1.54, 1.807) is 25.1 Å². The molecule has 0 aliphatic rings. The van der Waals surface area contributed by atoms with Gasteiger partial charge in [-0.3, -0.25) is 15.1 Å². The molecule has 0 aliphatic carbocycles. The van der Waals surface area contributed by atoms with E-state index in [4.69, 9.17) is 4.74 Å². The zero-order chi connectivity index (χ0) is 17.1. The van der Waals surface area contributed by atoms with Gasteiger partial charge >= 0.3 is 5.97 Å². The fraction of sp³-hybridized carbons (Fsp3) is 0.111. The number of hydrogen-bond donors (Lipinski definition) is 0. The van der Waals surface area contributed by atoms with E-state index in [0.29, 0.717) is 16.8 Å². The van der Waals surface area contributed by atoms with Crippen LogP contribution in [-0.2, 0) is 11.3 Å². The Morgan fingerprint density at radius 3 is 2.75 bits per heavy atom. The number of esters is 1. The van der Waals surface area contributed by atoms with Crippen LogP contribution in [0, 0.1) is 17.0 Å². The largest absolute Gasteiger partial charge is 0.457 e. The van der Waals surface area contributed by atoms with Crippen LogP contribution in [0.2, 0.25) is 0 Å². The van der Waals surface area contributed by atoms with Gasteiger partial charge in [0, 0.05) is 17.5 Å². The van der Waals surface area contributed by atoms with Crippen molar-refractivity contribution in [2.75, 3.05) is 0 Å². The maximum absolute atomic E-state index is 12.3. The smallest absolute Gasteiger partial charge is 0.340 e. The maximum atomic E-state index is 12.3. The lowest BCUT2D eigenvalue weighted by Gasteiger charge is -2.08. The monoisotopic (exact) mass is 322 g/mol. The third-order valence-corrected chi connectivity index (χ3v) is 3.63. The van der Waals surface area contributed by atoms with E-state index >= 15 is 0 Å². The molecule has 0 fully saturated rings. The predicted molar refractivity (Wildman–Crippen MR) is 88.7 cm³/mol. The third kappa shape index (κ3) is 3.22. The Kier molecular flexibility index (Phi) is 4.20. The van der Waals surface area contributed by atoms with Gasteiger partial charge in [-0.25, -0.2) is 4.79 Å². The molecule has 0 N–H and O–H groups in total. The predicted octanol–water partition coefficient (Wildman–Crippen LogP) is 3.81. The lowest BCUT2D eigenvalue weighted by molar-refractivity contribution is -0.384. The molecule has 6 heteroatoms. The number of non-ortho nitro benzene ring substituents is 1. The number of rotatable bonds is 4. The van der Waals surface area contributed by atoms with Crippen LogP contribution in [0.5, 0.6) is 0 Å². The molecular formula is C18H14N2O4. The number of carbonyl (C=O) groups excluding carboxylic acids is 1. The summed E-state index contributed by atoms with van der Waals surface area (Å²) in [6.45, 7) is 1.71. The lowest BCUT2D eigenvalue weighted by Crippen LogP contribution is -2.08. The van der Waals surface area contributed by atoms with Crippen molar-refractivity contribution in [3.63, 3.8) is 0 Å². The van der Waals surface area contributed by atoms with Gasteiger partial charge < -0.3 is 4.74 Å². The quantitative estimate of drug-likeness (QED) is 0.414.